The van der Waals surface area contributed by atoms with Gasteiger partial charge in [0.25, 0.3) is 0 Å². The Morgan fingerprint density at radius 3 is 2.83 bits per heavy atom. The summed E-state index contributed by atoms with van der Waals surface area (Å²) in [5, 5.41) is 13.2. The van der Waals surface area contributed by atoms with Crippen LogP contribution in [0.5, 0.6) is 0 Å². The second-order valence-corrected chi connectivity index (χ2v) is 5.02. The lowest BCUT2D eigenvalue weighted by atomic mass is 10.3. The fourth-order valence-corrected chi connectivity index (χ4v) is 2.83. The highest BCUT2D eigenvalue weighted by atomic mass is 32.1. The minimum atomic E-state index is -0.569. The first-order valence-corrected chi connectivity index (χ1v) is 6.60. The number of carbonyl (C=O) groups is 1. The number of carbonyl (C=O) groups excluding carboxylic acids is 1. The Hall–Kier alpha value is -1.44. The van der Waals surface area contributed by atoms with E-state index in [9.17, 15) is 4.79 Å². The predicted molar refractivity (Wildman–Crippen MR) is 65.5 cm³/mol. The van der Waals surface area contributed by atoms with E-state index in [0.717, 1.165) is 4.88 Å². The number of ether oxygens (including phenoxy) is 2. The van der Waals surface area contributed by atoms with Crippen LogP contribution < -0.4 is 0 Å². The van der Waals surface area contributed by atoms with Crippen LogP contribution in [-0.2, 0) is 9.47 Å². The average molecular weight is 267 g/mol. The Morgan fingerprint density at radius 2 is 2.17 bits per heavy atom. The molecule has 1 unspecified atom stereocenters. The number of nitrogens with zero attached hydrogens (tertiary/aromatic N) is 2. The summed E-state index contributed by atoms with van der Waals surface area (Å²) in [5.41, 5.74) is 0. The molecule has 0 radical (unpaired) electrons. The number of hydrogen-bond donors (Lipinski definition) is 1. The van der Waals surface area contributed by atoms with E-state index in [2.05, 4.69) is 0 Å². The highest BCUT2D eigenvalue weighted by molar-refractivity contribution is 7.10. The van der Waals surface area contributed by atoms with Gasteiger partial charge in [-0.2, -0.15) is 5.01 Å². The van der Waals surface area contributed by atoms with Gasteiger partial charge in [0.15, 0.2) is 11.9 Å². The maximum atomic E-state index is 11.9. The number of cyclic esters (lactones) is 1. The lowest BCUT2D eigenvalue weighted by Crippen LogP contribution is -2.51. The van der Waals surface area contributed by atoms with Gasteiger partial charge in [-0.1, -0.05) is 6.07 Å². The van der Waals surface area contributed by atoms with Crippen LogP contribution in [0.15, 0.2) is 17.5 Å². The van der Waals surface area contributed by atoms with Gasteiger partial charge < -0.3 is 9.47 Å². The Morgan fingerprint density at radius 1 is 1.39 bits per heavy atom. The molecule has 3 rings (SSSR count). The lowest BCUT2D eigenvalue weighted by Gasteiger charge is -2.32. The third-order valence-corrected chi connectivity index (χ3v) is 3.86. The van der Waals surface area contributed by atoms with Crippen molar-refractivity contribution in [2.45, 2.75) is 6.10 Å². The van der Waals surface area contributed by atoms with Gasteiger partial charge in [-0.05, 0) is 11.4 Å². The van der Waals surface area contributed by atoms with E-state index in [1.54, 1.807) is 0 Å². The van der Waals surface area contributed by atoms with E-state index in [4.69, 9.17) is 14.9 Å². The van der Waals surface area contributed by atoms with Gasteiger partial charge >= 0.3 is 6.09 Å². The Balaban J connectivity index is 1.80. The fourth-order valence-electron chi connectivity index (χ4n) is 2.07. The largest absolute Gasteiger partial charge is 0.431 e. The van der Waals surface area contributed by atoms with Crippen molar-refractivity contribution in [1.82, 2.24) is 10.0 Å². The van der Waals surface area contributed by atoms with E-state index in [0.29, 0.717) is 26.3 Å². The van der Waals surface area contributed by atoms with E-state index < -0.39 is 12.2 Å². The summed E-state index contributed by atoms with van der Waals surface area (Å²) in [6.07, 6.45) is -1.04. The first kappa shape index (κ1) is 11.6. The molecule has 3 heterocycles. The van der Waals surface area contributed by atoms with Crippen molar-refractivity contribution in [2.75, 3.05) is 26.3 Å². The molecule has 0 bridgehead atoms. The number of hydrazine groups is 1. The number of amides is 1. The SMILES string of the molecule is N=C1C(c2cccs2)OC(=O)N1N1CCOCC1. The summed E-state index contributed by atoms with van der Waals surface area (Å²) in [6, 6.07) is 3.76. The van der Waals surface area contributed by atoms with Crippen LogP contribution in [0, 0.1) is 5.41 Å². The van der Waals surface area contributed by atoms with Crippen molar-refractivity contribution in [3.05, 3.63) is 22.4 Å². The van der Waals surface area contributed by atoms with Gasteiger partial charge in [0.05, 0.1) is 18.1 Å². The normalized spacial score (nSPS) is 25.6. The number of nitrogens with one attached hydrogen (secondary N) is 1. The summed E-state index contributed by atoms with van der Waals surface area (Å²) in [5.74, 6) is 0.185. The van der Waals surface area contributed by atoms with Crippen molar-refractivity contribution < 1.29 is 14.3 Å². The third-order valence-electron chi connectivity index (χ3n) is 2.94. The molecule has 2 saturated heterocycles. The van der Waals surface area contributed by atoms with Gasteiger partial charge in [-0.15, -0.1) is 11.3 Å². The molecular formula is C11H13N3O3S. The molecule has 1 atom stereocenters. The van der Waals surface area contributed by atoms with Crippen molar-refractivity contribution in [1.29, 1.82) is 5.41 Å². The van der Waals surface area contributed by atoms with Gasteiger partial charge in [0.2, 0.25) is 0 Å². The number of rotatable bonds is 2. The van der Waals surface area contributed by atoms with Crippen LogP contribution in [0.4, 0.5) is 4.79 Å². The summed E-state index contributed by atoms with van der Waals surface area (Å²) in [4.78, 5) is 12.8. The zero-order valence-corrected chi connectivity index (χ0v) is 10.5. The molecule has 18 heavy (non-hydrogen) atoms. The topological polar surface area (TPSA) is 65.9 Å². The Labute approximate surface area is 108 Å². The van der Waals surface area contributed by atoms with Gasteiger partial charge in [0, 0.05) is 13.1 Å². The average Bonchev–Trinajstić information content (AvgIpc) is 2.99. The maximum Gasteiger partial charge on any atom is 0.431 e. The maximum absolute atomic E-state index is 11.9. The van der Waals surface area contributed by atoms with Crippen molar-refractivity contribution in [3.8, 4) is 0 Å². The molecule has 0 aliphatic carbocycles. The summed E-state index contributed by atoms with van der Waals surface area (Å²) < 4.78 is 10.5. The van der Waals surface area contributed by atoms with Crippen LogP contribution in [0.3, 0.4) is 0 Å². The van der Waals surface area contributed by atoms with Crippen LogP contribution >= 0.6 is 11.3 Å². The van der Waals surface area contributed by atoms with Crippen molar-refractivity contribution in [3.63, 3.8) is 0 Å². The third kappa shape index (κ3) is 1.90. The van der Waals surface area contributed by atoms with Crippen molar-refractivity contribution >= 4 is 23.3 Å². The molecule has 2 fully saturated rings. The summed E-state index contributed by atoms with van der Waals surface area (Å²) >= 11 is 1.49. The quantitative estimate of drug-likeness (QED) is 0.881. The Bertz CT molecular complexity index is 456. The monoisotopic (exact) mass is 267 g/mol. The first-order chi connectivity index (χ1) is 8.77. The van der Waals surface area contributed by atoms with Crippen LogP contribution in [0.2, 0.25) is 0 Å². The zero-order chi connectivity index (χ0) is 12.5. The standard InChI is InChI=1S/C11H13N3O3S/c12-10-9(8-2-1-7-18-8)17-11(15)14(10)13-3-5-16-6-4-13/h1-2,7,9,12H,3-6H2. The first-order valence-electron chi connectivity index (χ1n) is 5.72. The number of thiophene rings is 1. The van der Waals surface area contributed by atoms with Crippen LogP contribution in [0.1, 0.15) is 11.0 Å². The molecule has 0 spiro atoms. The summed E-state index contributed by atoms with van der Waals surface area (Å²) in [7, 11) is 0. The zero-order valence-electron chi connectivity index (χ0n) is 9.67. The molecule has 1 N–H and O–H groups in total. The lowest BCUT2D eigenvalue weighted by molar-refractivity contribution is -0.0341. The van der Waals surface area contributed by atoms with Gasteiger partial charge in [-0.25, -0.2) is 9.80 Å². The van der Waals surface area contributed by atoms with Gasteiger partial charge in [-0.3, -0.25) is 5.41 Å². The number of amidine groups is 1. The second-order valence-electron chi connectivity index (χ2n) is 4.04. The molecule has 0 aromatic carbocycles. The molecule has 1 aromatic heterocycles. The van der Waals surface area contributed by atoms with E-state index in [1.165, 1.54) is 16.3 Å². The molecule has 0 saturated carbocycles. The fraction of sp³-hybridized carbons (Fsp3) is 0.455. The molecule has 1 aromatic rings. The highest BCUT2D eigenvalue weighted by Crippen LogP contribution is 2.31. The molecule has 96 valence electrons. The van der Waals surface area contributed by atoms with E-state index >= 15 is 0 Å². The predicted octanol–water partition coefficient (Wildman–Crippen LogP) is 1.47. The molecule has 6 nitrogen and oxygen atoms in total. The smallest absolute Gasteiger partial charge is 0.431 e. The molecular weight excluding hydrogens is 254 g/mol. The number of hydrogen-bond acceptors (Lipinski definition) is 6. The highest BCUT2D eigenvalue weighted by Gasteiger charge is 2.42. The molecule has 2 aliphatic heterocycles. The van der Waals surface area contributed by atoms with Crippen LogP contribution in [0.25, 0.3) is 0 Å². The summed E-state index contributed by atoms with van der Waals surface area (Å²) in [6.45, 7) is 2.35. The molecule has 2 aliphatic rings. The number of morpholine rings is 1. The van der Waals surface area contributed by atoms with Crippen molar-refractivity contribution in [2.24, 2.45) is 0 Å². The molecule has 1 amide bonds. The molecule has 7 heteroatoms. The minimum absolute atomic E-state index is 0.185. The Kier molecular flexibility index (Phi) is 3.02. The minimum Gasteiger partial charge on any atom is -0.431 e. The second kappa shape index (κ2) is 4.68. The van der Waals surface area contributed by atoms with E-state index in [-0.39, 0.29) is 5.84 Å². The van der Waals surface area contributed by atoms with Crippen LogP contribution in [-0.4, -0.2) is 48.2 Å². The van der Waals surface area contributed by atoms with E-state index in [1.807, 2.05) is 22.5 Å². The van der Waals surface area contributed by atoms with Gasteiger partial charge in [0.1, 0.15) is 0 Å².